The topological polar surface area (TPSA) is 123 Å². The molecule has 3 amide bonds. The van der Waals surface area contributed by atoms with Crippen molar-refractivity contribution in [3.63, 3.8) is 0 Å². The second kappa shape index (κ2) is 12.0. The predicted octanol–water partition coefficient (Wildman–Crippen LogP) is 4.54. The number of hydrogen-bond donors (Lipinski definition) is 2. The van der Waals surface area contributed by atoms with Crippen molar-refractivity contribution < 1.29 is 33.5 Å². The number of hydrogen-bond acceptors (Lipinski definition) is 7. The highest BCUT2D eigenvalue weighted by molar-refractivity contribution is 6.07. The van der Waals surface area contributed by atoms with Crippen LogP contribution in [-0.2, 0) is 25.8 Å². The number of carbonyl (C=O) groups is 4. The molecule has 10 heteroatoms. The van der Waals surface area contributed by atoms with Gasteiger partial charge < -0.3 is 24.5 Å². The summed E-state index contributed by atoms with van der Waals surface area (Å²) in [6.07, 6.45) is 1.64. The summed E-state index contributed by atoms with van der Waals surface area (Å²) in [7, 11) is 1.53. The highest BCUT2D eigenvalue weighted by Crippen LogP contribution is 2.40. The van der Waals surface area contributed by atoms with E-state index in [1.54, 1.807) is 35.2 Å². The summed E-state index contributed by atoms with van der Waals surface area (Å²) >= 11 is 0. The van der Waals surface area contributed by atoms with Crippen LogP contribution in [0.15, 0.2) is 36.4 Å². The second-order valence-electron chi connectivity index (χ2n) is 11.3. The monoisotopic (exact) mass is 551 g/mol. The molecule has 1 atom stereocenters. The molecule has 1 aliphatic carbocycles. The van der Waals surface area contributed by atoms with E-state index in [0.717, 1.165) is 18.4 Å². The predicted molar refractivity (Wildman–Crippen MR) is 147 cm³/mol. The molecule has 40 heavy (non-hydrogen) atoms. The summed E-state index contributed by atoms with van der Waals surface area (Å²) in [5.41, 5.74) is 4.21. The van der Waals surface area contributed by atoms with Crippen LogP contribution in [0, 0.1) is 11.3 Å². The first-order valence-electron chi connectivity index (χ1n) is 13.5. The lowest BCUT2D eigenvalue weighted by molar-refractivity contribution is -0.160. The lowest BCUT2D eigenvalue weighted by Gasteiger charge is -2.28. The van der Waals surface area contributed by atoms with E-state index in [1.165, 1.54) is 7.11 Å². The van der Waals surface area contributed by atoms with Crippen molar-refractivity contribution in [1.82, 2.24) is 10.4 Å². The zero-order chi connectivity index (χ0) is 29.0. The molecule has 2 aliphatic rings. The summed E-state index contributed by atoms with van der Waals surface area (Å²) in [5.74, 6) is -0.537. The summed E-state index contributed by atoms with van der Waals surface area (Å²) in [4.78, 5) is 58.1. The molecule has 0 unspecified atom stereocenters. The van der Waals surface area contributed by atoms with Gasteiger partial charge in [-0.15, -0.1) is 0 Å². The van der Waals surface area contributed by atoms with Gasteiger partial charge in [-0.3, -0.25) is 14.4 Å². The van der Waals surface area contributed by atoms with Gasteiger partial charge >= 0.3 is 5.97 Å². The van der Waals surface area contributed by atoms with Crippen LogP contribution in [-0.4, -0.2) is 42.3 Å². The van der Waals surface area contributed by atoms with Crippen LogP contribution < -0.4 is 20.3 Å². The molecule has 0 bridgehead atoms. The van der Waals surface area contributed by atoms with Crippen LogP contribution in [0.2, 0.25) is 0 Å². The Bertz CT molecular complexity index is 1300. The molecule has 214 valence electrons. The largest absolute Gasteiger partial charge is 0.493 e. The molecule has 1 aliphatic heterocycles. The number of hydroxylamine groups is 1. The number of fused-ring (bicyclic) bond motifs is 1. The van der Waals surface area contributed by atoms with Gasteiger partial charge in [0.25, 0.3) is 11.8 Å². The zero-order valence-corrected chi connectivity index (χ0v) is 23.7. The van der Waals surface area contributed by atoms with Crippen LogP contribution in [0.1, 0.15) is 80.9 Å². The van der Waals surface area contributed by atoms with E-state index in [1.807, 2.05) is 33.8 Å². The molecule has 2 aromatic carbocycles. The van der Waals surface area contributed by atoms with Crippen molar-refractivity contribution in [2.75, 3.05) is 19.0 Å². The smallest absolute Gasteiger partial charge is 0.332 e. The molecule has 2 N–H and O–H groups in total. The fourth-order valence-electron chi connectivity index (χ4n) is 4.70. The number of nitrogens with one attached hydrogen (secondary N) is 2. The molecule has 4 rings (SSSR count). The van der Waals surface area contributed by atoms with Gasteiger partial charge in [-0.1, -0.05) is 39.0 Å². The molecular weight excluding hydrogens is 514 g/mol. The SMILES string of the molecule is CCOc1cc([C@@H](CC(=O)NOC(=O)CC(C)(C)C)N2Cc3cccc(NC(=O)C4CC4)c3C2=O)ccc1OC. The number of rotatable bonds is 10. The highest BCUT2D eigenvalue weighted by Gasteiger charge is 2.38. The average molecular weight is 552 g/mol. The molecule has 1 heterocycles. The highest BCUT2D eigenvalue weighted by atomic mass is 16.7. The normalized spacial score (nSPS) is 15.2. The van der Waals surface area contributed by atoms with E-state index in [4.69, 9.17) is 14.3 Å². The van der Waals surface area contributed by atoms with E-state index in [-0.39, 0.29) is 42.5 Å². The Kier molecular flexibility index (Phi) is 8.66. The number of benzene rings is 2. The second-order valence-corrected chi connectivity index (χ2v) is 11.3. The Morgan fingerprint density at radius 3 is 2.50 bits per heavy atom. The minimum absolute atomic E-state index is 0.0165. The lowest BCUT2D eigenvalue weighted by Crippen LogP contribution is -2.35. The summed E-state index contributed by atoms with van der Waals surface area (Å²) in [5, 5.41) is 2.91. The Labute approximate surface area is 234 Å². The van der Waals surface area contributed by atoms with Crippen molar-refractivity contribution in [1.29, 1.82) is 0 Å². The summed E-state index contributed by atoms with van der Waals surface area (Å²) in [6.45, 7) is 8.16. The molecule has 1 fully saturated rings. The quantitative estimate of drug-likeness (QED) is 0.416. The Hall–Kier alpha value is -4.08. The summed E-state index contributed by atoms with van der Waals surface area (Å²) in [6, 6.07) is 9.88. The third kappa shape index (κ3) is 6.91. The Morgan fingerprint density at radius 2 is 1.85 bits per heavy atom. The van der Waals surface area contributed by atoms with Crippen LogP contribution in [0.25, 0.3) is 0 Å². The molecule has 0 spiro atoms. The molecule has 0 radical (unpaired) electrons. The third-order valence-corrected chi connectivity index (χ3v) is 6.75. The van der Waals surface area contributed by atoms with Gasteiger partial charge in [-0.25, -0.2) is 4.79 Å². The van der Waals surface area contributed by atoms with E-state index in [9.17, 15) is 19.2 Å². The van der Waals surface area contributed by atoms with Gasteiger partial charge in [0.05, 0.1) is 43.9 Å². The van der Waals surface area contributed by atoms with Gasteiger partial charge in [0, 0.05) is 12.5 Å². The van der Waals surface area contributed by atoms with Crippen molar-refractivity contribution in [3.05, 3.63) is 53.1 Å². The first-order valence-corrected chi connectivity index (χ1v) is 13.5. The number of amides is 3. The Balaban J connectivity index is 1.61. The molecule has 10 nitrogen and oxygen atoms in total. The summed E-state index contributed by atoms with van der Waals surface area (Å²) < 4.78 is 11.2. The van der Waals surface area contributed by atoms with Crippen molar-refractivity contribution in [2.45, 2.75) is 66.0 Å². The van der Waals surface area contributed by atoms with E-state index < -0.39 is 17.9 Å². The molecular formula is C30H37N3O7. The number of nitrogens with zero attached hydrogens (tertiary/aromatic N) is 1. The maximum absolute atomic E-state index is 13.8. The standard InChI is InChI=1S/C30H37N3O7/c1-6-39-24-14-19(12-13-23(24)38-5)22(15-25(34)32-40-26(35)16-30(2,3)4)33-17-20-8-7-9-21(27(20)29(33)37)31-28(36)18-10-11-18/h7-9,12-14,18,22H,6,10-11,15-17H2,1-5H3,(H,31,36)(H,32,34)/t22-/m1/s1. The van der Waals surface area contributed by atoms with Gasteiger partial charge in [-0.2, -0.15) is 5.48 Å². The van der Waals surface area contributed by atoms with Gasteiger partial charge in [-0.05, 0) is 54.5 Å². The number of anilines is 1. The van der Waals surface area contributed by atoms with E-state index >= 15 is 0 Å². The van der Waals surface area contributed by atoms with Crippen LogP contribution >= 0.6 is 0 Å². The minimum Gasteiger partial charge on any atom is -0.493 e. The van der Waals surface area contributed by atoms with Crippen molar-refractivity contribution in [3.8, 4) is 11.5 Å². The molecule has 2 aromatic rings. The van der Waals surface area contributed by atoms with E-state index in [0.29, 0.717) is 34.9 Å². The maximum Gasteiger partial charge on any atom is 0.332 e. The molecule has 0 aromatic heterocycles. The maximum atomic E-state index is 13.8. The Morgan fingerprint density at radius 1 is 1.10 bits per heavy atom. The fraction of sp³-hybridized carbons (Fsp3) is 0.467. The lowest BCUT2D eigenvalue weighted by atomic mass is 9.93. The number of carbonyl (C=O) groups excluding carboxylic acids is 4. The van der Waals surface area contributed by atoms with Crippen molar-refractivity contribution >= 4 is 29.4 Å². The van der Waals surface area contributed by atoms with Crippen molar-refractivity contribution in [2.24, 2.45) is 11.3 Å². The van der Waals surface area contributed by atoms with Crippen LogP contribution in [0.4, 0.5) is 5.69 Å². The van der Waals surface area contributed by atoms with Gasteiger partial charge in [0.15, 0.2) is 11.5 Å². The number of ether oxygens (including phenoxy) is 2. The molecule has 0 saturated heterocycles. The van der Waals surface area contributed by atoms with Crippen LogP contribution in [0.3, 0.4) is 0 Å². The molecule has 1 saturated carbocycles. The van der Waals surface area contributed by atoms with Crippen LogP contribution in [0.5, 0.6) is 11.5 Å². The van der Waals surface area contributed by atoms with Gasteiger partial charge in [0.2, 0.25) is 5.91 Å². The average Bonchev–Trinajstić information content (AvgIpc) is 3.69. The first kappa shape index (κ1) is 28.9. The zero-order valence-electron chi connectivity index (χ0n) is 23.7. The minimum atomic E-state index is -0.724. The van der Waals surface area contributed by atoms with Gasteiger partial charge in [0.1, 0.15) is 0 Å². The third-order valence-electron chi connectivity index (χ3n) is 6.75. The van der Waals surface area contributed by atoms with E-state index in [2.05, 4.69) is 10.8 Å². The first-order chi connectivity index (χ1) is 19.0. The number of methoxy groups -OCH3 is 1. The fourth-order valence-corrected chi connectivity index (χ4v) is 4.70.